The first-order valence-electron chi connectivity index (χ1n) is 8.45. The Kier molecular flexibility index (Phi) is 5.59. The van der Waals surface area contributed by atoms with Crippen LogP contribution in [-0.2, 0) is 9.59 Å². The van der Waals surface area contributed by atoms with Gasteiger partial charge in [0.2, 0.25) is 6.79 Å². The fourth-order valence-electron chi connectivity index (χ4n) is 2.45. The minimum atomic E-state index is -1.19. The van der Waals surface area contributed by atoms with Gasteiger partial charge in [-0.25, -0.2) is 0 Å². The number of carbonyl (C=O) groups excluding carboxylic acids is 2. The second-order valence-electron chi connectivity index (χ2n) is 6.02. The Morgan fingerprint density at radius 3 is 2.50 bits per heavy atom. The van der Waals surface area contributed by atoms with Gasteiger partial charge in [-0.2, -0.15) is 0 Å². The molecule has 0 bridgehead atoms. The molecular weight excluding hydrogens is 364 g/mol. The van der Waals surface area contributed by atoms with Crippen LogP contribution in [-0.4, -0.2) is 35.7 Å². The molecule has 144 valence electrons. The zero-order valence-electron chi connectivity index (χ0n) is 15.0. The number of aliphatic carboxylic acids is 1. The Morgan fingerprint density at radius 1 is 1.07 bits per heavy atom. The summed E-state index contributed by atoms with van der Waals surface area (Å²) in [6, 6.07) is 12.3. The molecule has 0 aliphatic carbocycles. The monoisotopic (exact) mass is 382 g/mol. The number of benzene rings is 2. The molecule has 0 unspecified atom stereocenters. The third-order valence-corrected chi connectivity index (χ3v) is 3.95. The lowest BCUT2D eigenvalue weighted by Crippen LogP contribution is -2.42. The minimum Gasteiger partial charge on any atom is -0.480 e. The Bertz CT molecular complexity index is 939. The van der Waals surface area contributed by atoms with Gasteiger partial charge in [-0.15, -0.1) is 0 Å². The highest BCUT2D eigenvalue weighted by Gasteiger charge is 2.20. The highest BCUT2D eigenvalue weighted by molar-refractivity contribution is 6.06. The van der Waals surface area contributed by atoms with Crippen LogP contribution in [0, 0.1) is 0 Å². The van der Waals surface area contributed by atoms with E-state index in [1.54, 1.807) is 48.5 Å². The average molecular weight is 382 g/mol. The maximum absolute atomic E-state index is 12.5. The topological polar surface area (TPSA) is 114 Å². The van der Waals surface area contributed by atoms with E-state index >= 15 is 0 Å². The van der Waals surface area contributed by atoms with E-state index in [-0.39, 0.29) is 12.5 Å². The Balaban J connectivity index is 1.88. The van der Waals surface area contributed by atoms with E-state index in [1.807, 2.05) is 0 Å². The van der Waals surface area contributed by atoms with Gasteiger partial charge in [-0.3, -0.25) is 14.4 Å². The lowest BCUT2D eigenvalue weighted by molar-refractivity contribution is -0.140. The normalized spacial score (nSPS) is 13.5. The van der Waals surface area contributed by atoms with Crippen LogP contribution in [0.25, 0.3) is 6.08 Å². The summed E-state index contributed by atoms with van der Waals surface area (Å²) < 4.78 is 10.6. The van der Waals surface area contributed by atoms with Crippen LogP contribution in [0.1, 0.15) is 22.8 Å². The fraction of sp³-hybridized carbons (Fsp3) is 0.150. The molecule has 28 heavy (non-hydrogen) atoms. The van der Waals surface area contributed by atoms with Crippen molar-refractivity contribution in [3.05, 3.63) is 65.4 Å². The molecule has 1 aliphatic rings. The number of carbonyl (C=O) groups is 3. The van der Waals surface area contributed by atoms with Gasteiger partial charge in [0.25, 0.3) is 11.8 Å². The van der Waals surface area contributed by atoms with Crippen molar-refractivity contribution in [3.63, 3.8) is 0 Å². The summed E-state index contributed by atoms with van der Waals surface area (Å²) in [5.74, 6) is -1.31. The molecule has 0 aromatic heterocycles. The number of ether oxygens (including phenoxy) is 2. The van der Waals surface area contributed by atoms with Crippen molar-refractivity contribution in [1.82, 2.24) is 10.6 Å². The van der Waals surface area contributed by atoms with E-state index < -0.39 is 23.8 Å². The first-order valence-corrected chi connectivity index (χ1v) is 8.45. The molecular formula is C20H18N2O6. The molecule has 0 spiro atoms. The van der Waals surface area contributed by atoms with Gasteiger partial charge in [0, 0.05) is 5.56 Å². The van der Waals surface area contributed by atoms with Crippen LogP contribution in [0.2, 0.25) is 0 Å². The van der Waals surface area contributed by atoms with Crippen molar-refractivity contribution in [2.75, 3.05) is 6.79 Å². The van der Waals surface area contributed by atoms with Crippen molar-refractivity contribution in [3.8, 4) is 11.5 Å². The third kappa shape index (κ3) is 4.47. The number of rotatable bonds is 6. The molecule has 0 radical (unpaired) electrons. The molecule has 2 aromatic carbocycles. The second kappa shape index (κ2) is 8.26. The summed E-state index contributed by atoms with van der Waals surface area (Å²) in [5.41, 5.74) is 0.838. The predicted molar refractivity (Wildman–Crippen MR) is 99.7 cm³/mol. The SMILES string of the molecule is C[C@@H](NC(=O)C(=Cc1ccc2c(c1)OCO2)NC(=O)c1ccccc1)C(=O)O. The standard InChI is InChI=1S/C20H18N2O6/c1-12(20(25)26)21-19(24)15(22-18(23)14-5-3-2-4-6-14)9-13-7-8-16-17(10-13)28-11-27-16/h2-10,12H,11H2,1H3,(H,21,24)(H,22,23)(H,25,26)/t12-/m1/s1. The first-order chi connectivity index (χ1) is 13.4. The van der Waals surface area contributed by atoms with E-state index in [1.165, 1.54) is 13.0 Å². The van der Waals surface area contributed by atoms with Gasteiger partial charge in [-0.05, 0) is 42.8 Å². The van der Waals surface area contributed by atoms with Crippen molar-refractivity contribution < 1.29 is 29.0 Å². The fourth-order valence-corrected chi connectivity index (χ4v) is 2.45. The lowest BCUT2D eigenvalue weighted by Gasteiger charge is -2.13. The smallest absolute Gasteiger partial charge is 0.325 e. The van der Waals surface area contributed by atoms with Crippen molar-refractivity contribution in [2.45, 2.75) is 13.0 Å². The largest absolute Gasteiger partial charge is 0.480 e. The van der Waals surface area contributed by atoms with Crippen LogP contribution in [0.3, 0.4) is 0 Å². The van der Waals surface area contributed by atoms with Crippen LogP contribution >= 0.6 is 0 Å². The highest BCUT2D eigenvalue weighted by Crippen LogP contribution is 2.33. The number of carboxylic acids is 1. The molecule has 3 rings (SSSR count). The summed E-state index contributed by atoms with van der Waals surface area (Å²) in [6.45, 7) is 1.44. The van der Waals surface area contributed by atoms with Gasteiger partial charge in [0.05, 0.1) is 0 Å². The lowest BCUT2D eigenvalue weighted by atomic mass is 10.1. The molecule has 0 fully saturated rings. The maximum atomic E-state index is 12.5. The number of nitrogens with one attached hydrogen (secondary N) is 2. The molecule has 2 amide bonds. The van der Waals surface area contributed by atoms with E-state index in [9.17, 15) is 14.4 Å². The Labute approximate surface area is 160 Å². The molecule has 0 saturated heterocycles. The number of hydrogen-bond acceptors (Lipinski definition) is 5. The van der Waals surface area contributed by atoms with Crippen molar-refractivity contribution in [1.29, 1.82) is 0 Å². The molecule has 3 N–H and O–H groups in total. The molecule has 1 heterocycles. The van der Waals surface area contributed by atoms with Crippen molar-refractivity contribution >= 4 is 23.9 Å². The minimum absolute atomic E-state index is 0.0965. The van der Waals surface area contributed by atoms with Gasteiger partial charge < -0.3 is 25.2 Å². The van der Waals surface area contributed by atoms with Crippen LogP contribution < -0.4 is 20.1 Å². The van der Waals surface area contributed by atoms with E-state index in [0.29, 0.717) is 22.6 Å². The first kappa shape index (κ1) is 19.0. The van der Waals surface area contributed by atoms with Gasteiger partial charge >= 0.3 is 5.97 Å². The maximum Gasteiger partial charge on any atom is 0.325 e. The predicted octanol–water partition coefficient (Wildman–Crippen LogP) is 1.78. The Morgan fingerprint density at radius 2 is 1.79 bits per heavy atom. The molecule has 8 heteroatoms. The summed E-state index contributed by atoms with van der Waals surface area (Å²) in [4.78, 5) is 36.0. The van der Waals surface area contributed by atoms with Gasteiger partial charge in [0.15, 0.2) is 11.5 Å². The molecule has 0 saturated carbocycles. The number of fused-ring (bicyclic) bond motifs is 1. The van der Waals surface area contributed by atoms with Gasteiger partial charge in [-0.1, -0.05) is 24.3 Å². The summed E-state index contributed by atoms with van der Waals surface area (Å²) in [6.07, 6.45) is 1.44. The quantitative estimate of drug-likeness (QED) is 0.656. The molecule has 2 aromatic rings. The van der Waals surface area contributed by atoms with E-state index in [4.69, 9.17) is 14.6 Å². The van der Waals surface area contributed by atoms with E-state index in [0.717, 1.165) is 0 Å². The van der Waals surface area contributed by atoms with Gasteiger partial charge in [0.1, 0.15) is 11.7 Å². The van der Waals surface area contributed by atoms with Crippen LogP contribution in [0.15, 0.2) is 54.2 Å². The number of carboxylic acid groups (broad SMARTS) is 1. The molecule has 8 nitrogen and oxygen atoms in total. The molecule has 1 atom stereocenters. The molecule has 1 aliphatic heterocycles. The average Bonchev–Trinajstić information content (AvgIpc) is 3.15. The summed E-state index contributed by atoms with van der Waals surface area (Å²) in [5, 5.41) is 13.9. The Hall–Kier alpha value is -3.81. The zero-order valence-corrected chi connectivity index (χ0v) is 15.0. The summed E-state index contributed by atoms with van der Waals surface area (Å²) >= 11 is 0. The summed E-state index contributed by atoms with van der Waals surface area (Å²) in [7, 11) is 0. The van der Waals surface area contributed by atoms with Crippen molar-refractivity contribution in [2.24, 2.45) is 0 Å². The third-order valence-electron chi connectivity index (χ3n) is 3.95. The van der Waals surface area contributed by atoms with Crippen LogP contribution in [0.5, 0.6) is 11.5 Å². The zero-order chi connectivity index (χ0) is 20.1. The second-order valence-corrected chi connectivity index (χ2v) is 6.02. The number of hydrogen-bond donors (Lipinski definition) is 3. The number of amides is 2. The highest BCUT2D eigenvalue weighted by atomic mass is 16.7. The van der Waals surface area contributed by atoms with E-state index in [2.05, 4.69) is 10.6 Å². The van der Waals surface area contributed by atoms with Crippen LogP contribution in [0.4, 0.5) is 0 Å².